The van der Waals surface area contributed by atoms with Gasteiger partial charge in [-0.3, -0.25) is 14.4 Å². The molecule has 3 rings (SSSR count). The zero-order valence-corrected chi connectivity index (χ0v) is 15.5. The molecule has 6 nitrogen and oxygen atoms in total. The maximum Gasteiger partial charge on any atom is 0.228 e. The molecular formula is C20H20ClN3O3. The summed E-state index contributed by atoms with van der Waals surface area (Å²) in [6, 6.07) is 14.1. The van der Waals surface area contributed by atoms with E-state index < -0.39 is 0 Å². The summed E-state index contributed by atoms with van der Waals surface area (Å²) in [6.07, 6.45) is 0.544. The van der Waals surface area contributed by atoms with Gasteiger partial charge in [0.05, 0.1) is 11.8 Å². The second kappa shape index (κ2) is 8.22. The van der Waals surface area contributed by atoms with Gasteiger partial charge in [0.2, 0.25) is 17.7 Å². The van der Waals surface area contributed by atoms with E-state index >= 15 is 0 Å². The van der Waals surface area contributed by atoms with Crippen LogP contribution in [-0.2, 0) is 20.9 Å². The topological polar surface area (TPSA) is 87.3 Å². The van der Waals surface area contributed by atoms with Crippen LogP contribution in [0, 0.1) is 11.8 Å². The predicted molar refractivity (Wildman–Crippen MR) is 104 cm³/mol. The quantitative estimate of drug-likeness (QED) is 0.713. The van der Waals surface area contributed by atoms with Crippen molar-refractivity contribution in [2.45, 2.75) is 19.9 Å². The molecule has 3 N–H and O–H groups in total. The van der Waals surface area contributed by atoms with Crippen LogP contribution >= 0.6 is 11.6 Å². The first kappa shape index (κ1) is 18.9. The third-order valence-electron chi connectivity index (χ3n) is 4.32. The first-order valence-corrected chi connectivity index (χ1v) is 9.01. The van der Waals surface area contributed by atoms with E-state index in [1.165, 1.54) is 6.92 Å². The molecule has 1 aliphatic carbocycles. The van der Waals surface area contributed by atoms with Crippen LogP contribution in [0.1, 0.15) is 18.9 Å². The number of anilines is 2. The lowest BCUT2D eigenvalue weighted by molar-refractivity contribution is -0.125. The largest absolute Gasteiger partial charge is 0.352 e. The molecule has 7 heteroatoms. The number of carbonyl (C=O) groups is 3. The number of rotatable bonds is 6. The average molecular weight is 386 g/mol. The van der Waals surface area contributed by atoms with E-state index in [1.807, 2.05) is 12.1 Å². The average Bonchev–Trinajstić information content (AvgIpc) is 3.43. The smallest absolute Gasteiger partial charge is 0.228 e. The molecule has 0 saturated heterocycles. The van der Waals surface area contributed by atoms with Crippen molar-refractivity contribution in [3.05, 3.63) is 59.1 Å². The molecule has 2 unspecified atom stereocenters. The molecule has 0 bridgehead atoms. The van der Waals surface area contributed by atoms with Crippen molar-refractivity contribution in [1.82, 2.24) is 5.32 Å². The zero-order valence-electron chi connectivity index (χ0n) is 14.8. The fraction of sp³-hybridized carbons (Fsp3) is 0.250. The minimum Gasteiger partial charge on any atom is -0.352 e. The number of amides is 3. The SMILES string of the molecule is CC(=O)Nc1ccc(NC(=O)C2CC2C(=O)NCc2ccc(Cl)cc2)cc1. The van der Waals surface area contributed by atoms with Crippen LogP contribution in [0.5, 0.6) is 0 Å². The number of hydrogen-bond acceptors (Lipinski definition) is 3. The summed E-state index contributed by atoms with van der Waals surface area (Å²) in [5.41, 5.74) is 2.24. The van der Waals surface area contributed by atoms with Gasteiger partial charge in [0.25, 0.3) is 0 Å². The van der Waals surface area contributed by atoms with E-state index in [9.17, 15) is 14.4 Å². The van der Waals surface area contributed by atoms with Crippen molar-refractivity contribution in [3.8, 4) is 0 Å². The number of carbonyl (C=O) groups excluding carboxylic acids is 3. The molecule has 2 aromatic rings. The predicted octanol–water partition coefficient (Wildman–Crippen LogP) is 3.19. The van der Waals surface area contributed by atoms with Crippen molar-refractivity contribution >= 4 is 40.7 Å². The highest BCUT2D eigenvalue weighted by atomic mass is 35.5. The van der Waals surface area contributed by atoms with Gasteiger partial charge in [-0.2, -0.15) is 0 Å². The van der Waals surface area contributed by atoms with Crippen molar-refractivity contribution in [1.29, 1.82) is 0 Å². The van der Waals surface area contributed by atoms with Gasteiger partial charge < -0.3 is 16.0 Å². The van der Waals surface area contributed by atoms with Crippen LogP contribution in [0.3, 0.4) is 0 Å². The van der Waals surface area contributed by atoms with E-state index in [0.717, 1.165) is 5.56 Å². The van der Waals surface area contributed by atoms with Crippen molar-refractivity contribution in [2.24, 2.45) is 11.8 Å². The Balaban J connectivity index is 1.46. The Kier molecular flexibility index (Phi) is 5.76. The maximum atomic E-state index is 12.3. The van der Waals surface area contributed by atoms with Crippen LogP contribution in [0.25, 0.3) is 0 Å². The van der Waals surface area contributed by atoms with Gasteiger partial charge in [-0.05, 0) is 48.4 Å². The third-order valence-corrected chi connectivity index (χ3v) is 4.57. The van der Waals surface area contributed by atoms with E-state index in [4.69, 9.17) is 11.6 Å². The summed E-state index contributed by atoms with van der Waals surface area (Å²) in [5.74, 6) is -1.06. The van der Waals surface area contributed by atoms with Crippen molar-refractivity contribution < 1.29 is 14.4 Å². The van der Waals surface area contributed by atoms with Gasteiger partial charge in [-0.25, -0.2) is 0 Å². The summed E-state index contributed by atoms with van der Waals surface area (Å²) in [4.78, 5) is 35.5. The third kappa shape index (κ3) is 5.31. The molecule has 0 aromatic heterocycles. The van der Waals surface area contributed by atoms with Crippen molar-refractivity contribution in [3.63, 3.8) is 0 Å². The highest BCUT2D eigenvalue weighted by Gasteiger charge is 2.47. The number of nitrogens with one attached hydrogen (secondary N) is 3. The minimum atomic E-state index is -0.315. The van der Waals surface area contributed by atoms with E-state index in [-0.39, 0.29) is 29.6 Å². The lowest BCUT2D eigenvalue weighted by atomic mass is 10.2. The Bertz CT molecular complexity index is 850. The molecule has 140 valence electrons. The summed E-state index contributed by atoms with van der Waals surface area (Å²) in [6.45, 7) is 1.84. The number of hydrogen-bond donors (Lipinski definition) is 3. The zero-order chi connectivity index (χ0) is 19.4. The van der Waals surface area contributed by atoms with Gasteiger partial charge in [-0.1, -0.05) is 23.7 Å². The van der Waals surface area contributed by atoms with Crippen LogP contribution < -0.4 is 16.0 Å². The van der Waals surface area contributed by atoms with Crippen LogP contribution in [0.2, 0.25) is 5.02 Å². The van der Waals surface area contributed by atoms with Gasteiger partial charge >= 0.3 is 0 Å². The lowest BCUT2D eigenvalue weighted by Gasteiger charge is -2.07. The van der Waals surface area contributed by atoms with Crippen LogP contribution in [-0.4, -0.2) is 17.7 Å². The number of benzene rings is 2. The molecule has 1 fully saturated rings. The standard InChI is InChI=1S/C20H20ClN3O3/c1-12(25)23-15-6-8-16(9-7-15)24-20(27)18-10-17(18)19(26)22-11-13-2-4-14(21)5-3-13/h2-9,17-18H,10-11H2,1H3,(H,22,26)(H,23,25)(H,24,27). The minimum absolute atomic E-state index is 0.119. The summed E-state index contributed by atoms with van der Waals surface area (Å²) in [5, 5.41) is 8.96. The first-order valence-electron chi connectivity index (χ1n) is 8.63. The van der Waals surface area contributed by atoms with Gasteiger partial charge in [0.15, 0.2) is 0 Å². The Morgan fingerprint density at radius 1 is 0.889 bits per heavy atom. The molecule has 1 saturated carbocycles. The molecule has 0 spiro atoms. The molecule has 0 radical (unpaired) electrons. The molecule has 1 aliphatic rings. The monoisotopic (exact) mass is 385 g/mol. The highest BCUT2D eigenvalue weighted by Crippen LogP contribution is 2.39. The highest BCUT2D eigenvalue weighted by molar-refractivity contribution is 6.30. The number of halogens is 1. The molecule has 27 heavy (non-hydrogen) atoms. The molecule has 2 atom stereocenters. The van der Waals surface area contributed by atoms with E-state index in [1.54, 1.807) is 36.4 Å². The molecule has 2 aromatic carbocycles. The fourth-order valence-electron chi connectivity index (χ4n) is 2.77. The van der Waals surface area contributed by atoms with Gasteiger partial charge in [0, 0.05) is 29.9 Å². The van der Waals surface area contributed by atoms with Gasteiger partial charge in [-0.15, -0.1) is 0 Å². The van der Waals surface area contributed by atoms with Crippen LogP contribution in [0.4, 0.5) is 11.4 Å². The Morgan fingerprint density at radius 2 is 1.44 bits per heavy atom. The Hall–Kier alpha value is -2.86. The molecule has 0 heterocycles. The molecular weight excluding hydrogens is 366 g/mol. The molecule has 0 aliphatic heterocycles. The van der Waals surface area contributed by atoms with Gasteiger partial charge in [0.1, 0.15) is 0 Å². The summed E-state index contributed by atoms with van der Waals surface area (Å²) >= 11 is 5.84. The molecule has 3 amide bonds. The van der Waals surface area contributed by atoms with E-state index in [2.05, 4.69) is 16.0 Å². The second-order valence-corrected chi connectivity index (χ2v) is 6.98. The maximum absolute atomic E-state index is 12.3. The normalized spacial score (nSPS) is 17.7. The van der Waals surface area contributed by atoms with Crippen LogP contribution in [0.15, 0.2) is 48.5 Å². The fourth-order valence-corrected chi connectivity index (χ4v) is 2.90. The first-order chi connectivity index (χ1) is 12.9. The Labute approximate surface area is 162 Å². The van der Waals surface area contributed by atoms with Crippen molar-refractivity contribution in [2.75, 3.05) is 10.6 Å². The lowest BCUT2D eigenvalue weighted by Crippen LogP contribution is -2.27. The Morgan fingerprint density at radius 3 is 2.04 bits per heavy atom. The second-order valence-electron chi connectivity index (χ2n) is 6.54. The summed E-state index contributed by atoms with van der Waals surface area (Å²) < 4.78 is 0. The summed E-state index contributed by atoms with van der Waals surface area (Å²) in [7, 11) is 0. The van der Waals surface area contributed by atoms with E-state index in [0.29, 0.717) is 29.4 Å².